The van der Waals surface area contributed by atoms with Gasteiger partial charge in [-0.3, -0.25) is 4.79 Å². The first-order valence-electron chi connectivity index (χ1n) is 36.2. The molecular formula is C73H139NO8. The summed E-state index contributed by atoms with van der Waals surface area (Å²) in [4.78, 5) is 13.1. The van der Waals surface area contributed by atoms with Crippen molar-refractivity contribution < 1.29 is 39.8 Å². The van der Waals surface area contributed by atoms with Crippen LogP contribution < -0.4 is 5.32 Å². The van der Waals surface area contributed by atoms with E-state index in [0.717, 1.165) is 51.4 Å². The van der Waals surface area contributed by atoms with Crippen molar-refractivity contribution in [3.8, 4) is 0 Å². The second kappa shape index (κ2) is 62.5. The summed E-state index contributed by atoms with van der Waals surface area (Å²) in [5.74, 6) is -0.136. The Morgan fingerprint density at radius 1 is 0.415 bits per heavy atom. The zero-order valence-corrected chi connectivity index (χ0v) is 54.3. The van der Waals surface area contributed by atoms with E-state index in [1.165, 1.54) is 289 Å². The lowest BCUT2D eigenvalue weighted by Crippen LogP contribution is -2.60. The fraction of sp³-hybridized carbons (Fsp3) is 0.904. The lowest BCUT2D eigenvalue weighted by atomic mass is 9.99. The predicted octanol–water partition coefficient (Wildman–Crippen LogP) is 19.8. The summed E-state index contributed by atoms with van der Waals surface area (Å²) in [5.41, 5.74) is 0. The van der Waals surface area contributed by atoms with Gasteiger partial charge >= 0.3 is 0 Å². The van der Waals surface area contributed by atoms with Gasteiger partial charge in [0.2, 0.25) is 5.91 Å². The fourth-order valence-corrected chi connectivity index (χ4v) is 11.8. The standard InChI is InChI=1S/C73H139NO8/c1-3-5-7-9-11-13-15-17-19-21-23-24-25-26-27-28-29-30-31-32-33-34-35-36-37-38-39-40-41-42-43-44-45-47-49-51-53-55-57-59-61-63-69(77)74-66(65-81-73-72(80)71(79)70(78)68(64-75)82-73)67(76)62-60-58-56-54-52-50-48-46-22-20-18-16-14-12-10-8-6-4-2/h15,17,21,23,25-26,66-68,70-73,75-76,78-80H,3-14,16,18-20,22,24,27-65H2,1-2H3,(H,74,77)/b17-15-,23-21-,26-25-. The highest BCUT2D eigenvalue weighted by Crippen LogP contribution is 2.24. The number of carbonyl (C=O) groups is 1. The van der Waals surface area contributed by atoms with E-state index in [0.29, 0.717) is 12.8 Å². The van der Waals surface area contributed by atoms with Crippen LogP contribution in [0.5, 0.6) is 0 Å². The summed E-state index contributed by atoms with van der Waals surface area (Å²) in [6.07, 6.45) is 76.6. The van der Waals surface area contributed by atoms with Crippen LogP contribution in [0.3, 0.4) is 0 Å². The Hall–Kier alpha value is -1.59. The van der Waals surface area contributed by atoms with Crippen LogP contribution in [-0.2, 0) is 14.3 Å². The van der Waals surface area contributed by atoms with Crippen molar-refractivity contribution in [1.82, 2.24) is 5.32 Å². The van der Waals surface area contributed by atoms with Crippen LogP contribution in [0.2, 0.25) is 0 Å². The number of nitrogens with one attached hydrogen (secondary N) is 1. The van der Waals surface area contributed by atoms with Gasteiger partial charge in [-0.1, -0.05) is 346 Å². The molecule has 0 saturated carbocycles. The molecule has 484 valence electrons. The van der Waals surface area contributed by atoms with E-state index in [2.05, 4.69) is 55.6 Å². The largest absolute Gasteiger partial charge is 0.394 e. The first-order valence-corrected chi connectivity index (χ1v) is 36.2. The molecule has 1 aliphatic rings. The van der Waals surface area contributed by atoms with Crippen LogP contribution in [0.4, 0.5) is 0 Å². The van der Waals surface area contributed by atoms with Crippen molar-refractivity contribution in [2.75, 3.05) is 13.2 Å². The van der Waals surface area contributed by atoms with E-state index < -0.39 is 49.5 Å². The van der Waals surface area contributed by atoms with E-state index in [4.69, 9.17) is 9.47 Å². The van der Waals surface area contributed by atoms with Crippen LogP contribution in [0.25, 0.3) is 0 Å². The number of aliphatic hydroxyl groups excluding tert-OH is 5. The zero-order valence-electron chi connectivity index (χ0n) is 54.3. The van der Waals surface area contributed by atoms with Crippen molar-refractivity contribution in [3.05, 3.63) is 36.5 Å². The molecule has 1 amide bonds. The molecule has 0 radical (unpaired) electrons. The Balaban J connectivity index is 2.02. The van der Waals surface area contributed by atoms with Gasteiger partial charge in [-0.15, -0.1) is 0 Å². The van der Waals surface area contributed by atoms with E-state index in [1.807, 2.05) is 0 Å². The molecule has 1 rings (SSSR count). The lowest BCUT2D eigenvalue weighted by molar-refractivity contribution is -0.302. The van der Waals surface area contributed by atoms with Crippen molar-refractivity contribution >= 4 is 5.91 Å². The second-order valence-electron chi connectivity index (χ2n) is 25.4. The Morgan fingerprint density at radius 2 is 0.720 bits per heavy atom. The van der Waals surface area contributed by atoms with Gasteiger partial charge in [-0.05, 0) is 51.4 Å². The molecule has 7 unspecified atom stereocenters. The highest BCUT2D eigenvalue weighted by Gasteiger charge is 2.44. The summed E-state index contributed by atoms with van der Waals surface area (Å²) in [6.45, 7) is 3.87. The number of aliphatic hydroxyl groups is 5. The summed E-state index contributed by atoms with van der Waals surface area (Å²) in [6, 6.07) is -0.717. The van der Waals surface area contributed by atoms with Crippen LogP contribution in [0, 0.1) is 0 Å². The Morgan fingerprint density at radius 3 is 1.06 bits per heavy atom. The minimum absolute atomic E-state index is 0.133. The molecule has 0 bridgehead atoms. The SMILES string of the molecule is CCCCCCC/C=C\C/C=C\C/C=C\CCCCCCCCCCCCCCCCCCCCCCCCCCCCC(=O)NC(COC1OC(CO)C(O)C(O)C1O)C(O)CCCCCCCCCCCCCCCCCCCC. The third-order valence-electron chi connectivity index (χ3n) is 17.5. The Kier molecular flexibility index (Phi) is 59.7. The van der Waals surface area contributed by atoms with Gasteiger partial charge in [0.05, 0.1) is 25.4 Å². The molecule has 9 heteroatoms. The number of hydrogen-bond donors (Lipinski definition) is 6. The zero-order chi connectivity index (χ0) is 59.3. The molecule has 7 atom stereocenters. The number of carbonyl (C=O) groups excluding carboxylic acids is 1. The average molecular weight is 1160 g/mol. The molecule has 6 N–H and O–H groups in total. The van der Waals surface area contributed by atoms with Gasteiger partial charge in [0, 0.05) is 6.42 Å². The number of amides is 1. The van der Waals surface area contributed by atoms with Crippen LogP contribution >= 0.6 is 0 Å². The highest BCUT2D eigenvalue weighted by atomic mass is 16.7. The molecule has 9 nitrogen and oxygen atoms in total. The van der Waals surface area contributed by atoms with Crippen LogP contribution in [-0.4, -0.2) is 87.5 Å². The molecule has 1 fully saturated rings. The lowest BCUT2D eigenvalue weighted by Gasteiger charge is -2.40. The molecule has 0 spiro atoms. The quantitative estimate of drug-likeness (QED) is 0.0261. The maximum atomic E-state index is 13.1. The molecule has 1 heterocycles. The van der Waals surface area contributed by atoms with Crippen molar-refractivity contribution in [1.29, 1.82) is 0 Å². The predicted molar refractivity (Wildman–Crippen MR) is 350 cm³/mol. The van der Waals surface area contributed by atoms with Crippen molar-refractivity contribution in [3.63, 3.8) is 0 Å². The van der Waals surface area contributed by atoms with E-state index in [1.54, 1.807) is 0 Å². The summed E-state index contributed by atoms with van der Waals surface area (Å²) in [7, 11) is 0. The summed E-state index contributed by atoms with van der Waals surface area (Å²) in [5, 5.41) is 54.9. The second-order valence-corrected chi connectivity index (χ2v) is 25.4. The summed E-state index contributed by atoms with van der Waals surface area (Å²) >= 11 is 0. The highest BCUT2D eigenvalue weighted by molar-refractivity contribution is 5.76. The van der Waals surface area contributed by atoms with Gasteiger partial charge in [0.1, 0.15) is 24.4 Å². The van der Waals surface area contributed by atoms with Crippen LogP contribution in [0.15, 0.2) is 36.5 Å². The van der Waals surface area contributed by atoms with Gasteiger partial charge in [0.25, 0.3) is 0 Å². The molecule has 0 aliphatic carbocycles. The van der Waals surface area contributed by atoms with Gasteiger partial charge < -0.3 is 40.3 Å². The molecule has 0 aromatic rings. The van der Waals surface area contributed by atoms with Crippen molar-refractivity contribution in [2.24, 2.45) is 0 Å². The van der Waals surface area contributed by atoms with E-state index >= 15 is 0 Å². The molecule has 82 heavy (non-hydrogen) atoms. The third kappa shape index (κ3) is 50.6. The molecule has 0 aromatic heterocycles. The Labute approximate surface area is 508 Å². The normalized spacial score (nSPS) is 18.5. The maximum Gasteiger partial charge on any atom is 0.220 e. The number of hydrogen-bond acceptors (Lipinski definition) is 8. The Bertz CT molecular complexity index is 1390. The number of allylic oxidation sites excluding steroid dienone is 6. The summed E-state index contributed by atoms with van der Waals surface area (Å²) < 4.78 is 11.4. The number of ether oxygens (including phenoxy) is 2. The fourth-order valence-electron chi connectivity index (χ4n) is 11.8. The van der Waals surface area contributed by atoms with Crippen LogP contribution in [0.1, 0.15) is 367 Å². The third-order valence-corrected chi connectivity index (χ3v) is 17.5. The molecule has 0 aromatic carbocycles. The average Bonchev–Trinajstić information content (AvgIpc) is 3.57. The number of unbranched alkanes of at least 4 members (excludes halogenated alkanes) is 48. The van der Waals surface area contributed by atoms with Gasteiger partial charge in [-0.25, -0.2) is 0 Å². The van der Waals surface area contributed by atoms with Crippen molar-refractivity contribution in [2.45, 2.75) is 410 Å². The minimum atomic E-state index is -1.55. The minimum Gasteiger partial charge on any atom is -0.394 e. The smallest absolute Gasteiger partial charge is 0.220 e. The monoisotopic (exact) mass is 1160 g/mol. The van der Waals surface area contributed by atoms with E-state index in [9.17, 15) is 30.3 Å². The van der Waals surface area contributed by atoms with Gasteiger partial charge in [0.15, 0.2) is 6.29 Å². The first kappa shape index (κ1) is 78.4. The first-order chi connectivity index (χ1) is 40.3. The number of rotatable bonds is 64. The molecule has 1 saturated heterocycles. The maximum absolute atomic E-state index is 13.1. The van der Waals surface area contributed by atoms with Gasteiger partial charge in [-0.2, -0.15) is 0 Å². The van der Waals surface area contributed by atoms with E-state index in [-0.39, 0.29) is 12.5 Å². The molecule has 1 aliphatic heterocycles. The topological polar surface area (TPSA) is 149 Å². The molecular weight excluding hydrogens is 1020 g/mol.